The fraction of sp³-hybridized carbons (Fsp3) is 0.211. The predicted octanol–water partition coefficient (Wildman–Crippen LogP) is 2.73. The lowest BCUT2D eigenvalue weighted by atomic mass is 10.2. The summed E-state index contributed by atoms with van der Waals surface area (Å²) >= 11 is 0. The van der Waals surface area contributed by atoms with Gasteiger partial charge in [0.1, 0.15) is 22.8 Å². The number of hydrazone groups is 1. The van der Waals surface area contributed by atoms with Crippen LogP contribution in [0.15, 0.2) is 41.6 Å². The van der Waals surface area contributed by atoms with Crippen LogP contribution in [-0.4, -0.2) is 35.7 Å². The molecule has 3 aromatic rings. The number of aromatic nitrogens is 2. The highest BCUT2D eigenvalue weighted by atomic mass is 16.5. The molecule has 7 heteroatoms. The van der Waals surface area contributed by atoms with Crippen LogP contribution >= 0.6 is 0 Å². The van der Waals surface area contributed by atoms with Crippen LogP contribution in [0.1, 0.15) is 27.3 Å². The zero-order chi connectivity index (χ0) is 18.7. The van der Waals surface area contributed by atoms with E-state index in [1.165, 1.54) is 6.21 Å². The molecule has 1 N–H and O–H groups in total. The standard InChI is InChI=1S/C19H20N4O3/c1-12-5-8-17-21-13(2)18(23(17)11-12)19(24)22-20-10-14-9-15(25-3)6-7-16(14)26-4/h5-11H,1-4H3,(H,22,24). The molecule has 2 aromatic heterocycles. The average Bonchev–Trinajstić information content (AvgIpc) is 2.96. The van der Waals surface area contributed by atoms with Gasteiger partial charge in [-0.25, -0.2) is 10.4 Å². The molecule has 2 heterocycles. The highest BCUT2D eigenvalue weighted by molar-refractivity contribution is 5.95. The number of nitrogens with one attached hydrogen (secondary N) is 1. The van der Waals surface area contributed by atoms with Crippen LogP contribution in [0.25, 0.3) is 5.65 Å². The van der Waals surface area contributed by atoms with Crippen molar-refractivity contribution in [2.24, 2.45) is 5.10 Å². The molecule has 1 amide bonds. The van der Waals surface area contributed by atoms with Crippen LogP contribution in [0.3, 0.4) is 0 Å². The van der Waals surface area contributed by atoms with Crippen LogP contribution in [-0.2, 0) is 0 Å². The van der Waals surface area contributed by atoms with Crippen LogP contribution in [0.4, 0.5) is 0 Å². The number of hydrogen-bond acceptors (Lipinski definition) is 5. The molecule has 0 aliphatic heterocycles. The Kier molecular flexibility index (Phi) is 4.88. The Hall–Kier alpha value is -3.35. The summed E-state index contributed by atoms with van der Waals surface area (Å²) in [6, 6.07) is 9.18. The monoisotopic (exact) mass is 352 g/mol. The Bertz CT molecular complexity index is 992. The Balaban J connectivity index is 1.85. The van der Waals surface area contributed by atoms with Crippen LogP contribution in [0, 0.1) is 13.8 Å². The Labute approximate surface area is 151 Å². The lowest BCUT2D eigenvalue weighted by Gasteiger charge is -2.07. The lowest BCUT2D eigenvalue weighted by Crippen LogP contribution is -2.20. The van der Waals surface area contributed by atoms with Gasteiger partial charge >= 0.3 is 0 Å². The number of nitrogens with zero attached hydrogens (tertiary/aromatic N) is 3. The highest BCUT2D eigenvalue weighted by Crippen LogP contribution is 2.22. The molecule has 0 aliphatic carbocycles. The largest absolute Gasteiger partial charge is 0.497 e. The summed E-state index contributed by atoms with van der Waals surface area (Å²) in [6.07, 6.45) is 3.39. The average molecular weight is 352 g/mol. The number of hydrogen-bond donors (Lipinski definition) is 1. The van der Waals surface area contributed by atoms with Gasteiger partial charge in [-0.15, -0.1) is 0 Å². The van der Waals surface area contributed by atoms with Crippen molar-refractivity contribution in [3.63, 3.8) is 0 Å². The fourth-order valence-electron chi connectivity index (χ4n) is 2.70. The minimum atomic E-state index is -0.335. The lowest BCUT2D eigenvalue weighted by molar-refractivity contribution is 0.0948. The zero-order valence-corrected chi connectivity index (χ0v) is 15.1. The van der Waals surface area contributed by atoms with Gasteiger partial charge in [-0.05, 0) is 43.7 Å². The molecule has 3 rings (SSSR count). The van der Waals surface area contributed by atoms with E-state index in [9.17, 15) is 4.79 Å². The second-order valence-electron chi connectivity index (χ2n) is 5.79. The van der Waals surface area contributed by atoms with Gasteiger partial charge in [-0.3, -0.25) is 9.20 Å². The first-order chi connectivity index (χ1) is 12.5. The molecule has 0 radical (unpaired) electrons. The topological polar surface area (TPSA) is 77.2 Å². The van der Waals surface area contributed by atoms with Crippen LogP contribution in [0.5, 0.6) is 11.5 Å². The van der Waals surface area contributed by atoms with Crippen molar-refractivity contribution in [3.05, 3.63) is 59.0 Å². The Morgan fingerprint density at radius 1 is 1.19 bits per heavy atom. The molecule has 1 aromatic carbocycles. The van der Waals surface area contributed by atoms with E-state index in [2.05, 4.69) is 15.5 Å². The summed E-state index contributed by atoms with van der Waals surface area (Å²) in [5.74, 6) is 0.968. The first kappa shape index (κ1) is 17.5. The summed E-state index contributed by atoms with van der Waals surface area (Å²) in [4.78, 5) is 17.0. The number of imidazole rings is 1. The number of ether oxygens (including phenoxy) is 2. The molecule has 0 unspecified atom stereocenters. The van der Waals surface area contributed by atoms with E-state index in [0.717, 1.165) is 11.2 Å². The zero-order valence-electron chi connectivity index (χ0n) is 15.1. The molecular formula is C19H20N4O3. The normalized spacial score (nSPS) is 11.1. The van der Waals surface area contributed by atoms with Crippen molar-refractivity contribution in [3.8, 4) is 11.5 Å². The molecule has 134 valence electrons. The molecular weight excluding hydrogens is 332 g/mol. The number of fused-ring (bicyclic) bond motifs is 1. The van der Waals surface area contributed by atoms with Gasteiger partial charge in [-0.1, -0.05) is 6.07 Å². The van der Waals surface area contributed by atoms with Crippen LogP contribution in [0.2, 0.25) is 0 Å². The third kappa shape index (κ3) is 3.37. The van der Waals surface area contributed by atoms with Gasteiger partial charge in [0, 0.05) is 11.8 Å². The predicted molar refractivity (Wildman–Crippen MR) is 99.3 cm³/mol. The first-order valence-electron chi connectivity index (χ1n) is 8.04. The molecule has 0 aliphatic rings. The number of rotatable bonds is 5. The van der Waals surface area contributed by atoms with E-state index in [1.807, 2.05) is 25.3 Å². The maximum atomic E-state index is 12.6. The Morgan fingerprint density at radius 3 is 2.73 bits per heavy atom. The van der Waals surface area contributed by atoms with E-state index < -0.39 is 0 Å². The van der Waals surface area contributed by atoms with Gasteiger partial charge in [0.05, 0.1) is 26.1 Å². The van der Waals surface area contributed by atoms with Crippen molar-refractivity contribution in [1.82, 2.24) is 14.8 Å². The van der Waals surface area contributed by atoms with Crippen molar-refractivity contribution in [2.45, 2.75) is 13.8 Å². The van der Waals surface area contributed by atoms with Gasteiger partial charge < -0.3 is 9.47 Å². The number of methoxy groups -OCH3 is 2. The number of carbonyl (C=O) groups is 1. The SMILES string of the molecule is COc1ccc(OC)c(C=NNC(=O)c2c(C)nc3ccc(C)cn23)c1. The third-order valence-corrected chi connectivity index (χ3v) is 3.96. The molecule has 0 saturated heterocycles. The number of carbonyl (C=O) groups excluding carboxylic acids is 1. The maximum absolute atomic E-state index is 12.6. The molecule has 0 spiro atoms. The van der Waals surface area contributed by atoms with Crippen molar-refractivity contribution in [1.29, 1.82) is 0 Å². The summed E-state index contributed by atoms with van der Waals surface area (Å²) in [7, 11) is 3.15. The minimum absolute atomic E-state index is 0.335. The van der Waals surface area contributed by atoms with E-state index in [4.69, 9.17) is 9.47 Å². The summed E-state index contributed by atoms with van der Waals surface area (Å²) in [5, 5.41) is 4.05. The van der Waals surface area contributed by atoms with Crippen LogP contribution < -0.4 is 14.9 Å². The molecule has 0 saturated carbocycles. The van der Waals surface area contributed by atoms with E-state index >= 15 is 0 Å². The molecule has 7 nitrogen and oxygen atoms in total. The second-order valence-corrected chi connectivity index (χ2v) is 5.79. The fourth-order valence-corrected chi connectivity index (χ4v) is 2.70. The van der Waals surface area contributed by atoms with Crippen molar-refractivity contribution in [2.75, 3.05) is 14.2 Å². The molecule has 0 bridgehead atoms. The molecule has 0 fully saturated rings. The number of amides is 1. The maximum Gasteiger partial charge on any atom is 0.290 e. The highest BCUT2D eigenvalue weighted by Gasteiger charge is 2.16. The van der Waals surface area contributed by atoms with Crippen molar-refractivity contribution >= 4 is 17.8 Å². The summed E-state index contributed by atoms with van der Waals surface area (Å²) in [5.41, 5.74) is 6.09. The first-order valence-corrected chi connectivity index (χ1v) is 8.04. The van der Waals surface area contributed by atoms with Gasteiger partial charge in [0.15, 0.2) is 0 Å². The van der Waals surface area contributed by atoms with E-state index in [0.29, 0.717) is 28.5 Å². The Morgan fingerprint density at radius 2 is 2.00 bits per heavy atom. The van der Waals surface area contributed by atoms with E-state index in [-0.39, 0.29) is 5.91 Å². The third-order valence-electron chi connectivity index (χ3n) is 3.96. The van der Waals surface area contributed by atoms with Crippen molar-refractivity contribution < 1.29 is 14.3 Å². The summed E-state index contributed by atoms with van der Waals surface area (Å²) < 4.78 is 12.3. The number of aryl methyl sites for hydroxylation is 2. The van der Waals surface area contributed by atoms with Gasteiger partial charge in [-0.2, -0.15) is 5.10 Å². The second kappa shape index (κ2) is 7.26. The van der Waals surface area contributed by atoms with E-state index in [1.54, 1.807) is 43.7 Å². The summed E-state index contributed by atoms with van der Waals surface area (Å²) in [6.45, 7) is 3.76. The smallest absolute Gasteiger partial charge is 0.290 e. The molecule has 26 heavy (non-hydrogen) atoms. The number of benzene rings is 1. The minimum Gasteiger partial charge on any atom is -0.497 e. The number of pyridine rings is 1. The quantitative estimate of drug-likeness (QED) is 0.566. The molecule has 0 atom stereocenters. The van der Waals surface area contributed by atoms with Gasteiger partial charge in [0.25, 0.3) is 5.91 Å². The van der Waals surface area contributed by atoms with Gasteiger partial charge in [0.2, 0.25) is 0 Å².